The fourth-order valence-electron chi connectivity index (χ4n) is 4.69. The summed E-state index contributed by atoms with van der Waals surface area (Å²) in [5.41, 5.74) is 1.56. The van der Waals surface area contributed by atoms with Crippen LogP contribution in [0, 0.1) is 0 Å². The average Bonchev–Trinajstić information content (AvgIpc) is 3.56. The second-order valence-electron chi connectivity index (χ2n) is 9.12. The number of carbonyl (C=O) groups excluding carboxylic acids is 1. The van der Waals surface area contributed by atoms with Crippen LogP contribution in [0.4, 0.5) is 0 Å². The van der Waals surface area contributed by atoms with Crippen molar-refractivity contribution in [2.24, 2.45) is 4.99 Å². The number of rotatable bonds is 8. The van der Waals surface area contributed by atoms with E-state index in [1.54, 1.807) is 56.3 Å². The number of fused-ring (bicyclic) bond motifs is 1. The number of thiazole rings is 1. The molecule has 0 saturated carbocycles. The van der Waals surface area contributed by atoms with Gasteiger partial charge in [0.05, 0.1) is 48.2 Å². The minimum atomic E-state index is -1.04. The van der Waals surface area contributed by atoms with Crippen molar-refractivity contribution in [1.82, 2.24) is 4.57 Å². The summed E-state index contributed by atoms with van der Waals surface area (Å²) >= 11 is 4.74. The highest BCUT2D eigenvalue weighted by Crippen LogP contribution is 2.40. The molecule has 12 heteroatoms. The maximum atomic E-state index is 13.9. The van der Waals surface area contributed by atoms with Crippen LogP contribution in [0.15, 0.2) is 78.5 Å². The van der Waals surface area contributed by atoms with Gasteiger partial charge in [0.2, 0.25) is 0 Å². The second kappa shape index (κ2) is 11.8. The number of aromatic carboxylic acids is 1. The van der Waals surface area contributed by atoms with Crippen molar-refractivity contribution in [1.29, 1.82) is 0 Å². The quantitative estimate of drug-likeness (QED) is 0.275. The number of aromatic nitrogens is 1. The first kappa shape index (κ1) is 29.1. The van der Waals surface area contributed by atoms with Gasteiger partial charge < -0.3 is 23.7 Å². The van der Waals surface area contributed by atoms with Crippen molar-refractivity contribution in [2.45, 2.75) is 19.9 Å². The largest absolute Gasteiger partial charge is 0.493 e. The van der Waals surface area contributed by atoms with Gasteiger partial charge in [-0.25, -0.2) is 14.6 Å². The number of carboxylic acid groups (broad SMARTS) is 1. The summed E-state index contributed by atoms with van der Waals surface area (Å²) in [5.74, 6) is 0.106. The number of carboxylic acids is 1. The summed E-state index contributed by atoms with van der Waals surface area (Å²) in [6, 6.07) is 12.3. The molecule has 10 nitrogen and oxygen atoms in total. The van der Waals surface area contributed by atoms with Crippen LogP contribution in [-0.2, 0) is 9.53 Å². The number of methoxy groups -OCH3 is 2. The molecule has 0 amide bonds. The summed E-state index contributed by atoms with van der Waals surface area (Å²) in [6.45, 7) is 3.56. The van der Waals surface area contributed by atoms with Gasteiger partial charge >= 0.3 is 11.9 Å². The van der Waals surface area contributed by atoms with Crippen molar-refractivity contribution in [3.63, 3.8) is 0 Å². The molecule has 1 aliphatic heterocycles. The van der Waals surface area contributed by atoms with Gasteiger partial charge in [-0.05, 0) is 55.8 Å². The van der Waals surface area contributed by atoms with Crippen LogP contribution in [0.1, 0.15) is 41.6 Å². The zero-order valence-corrected chi connectivity index (χ0v) is 25.4. The van der Waals surface area contributed by atoms with Crippen molar-refractivity contribution < 1.29 is 33.3 Å². The number of carbonyl (C=O) groups is 2. The fraction of sp³-hybridized carbons (Fsp3) is 0.200. The smallest absolute Gasteiger partial charge is 0.338 e. The minimum absolute atomic E-state index is 0.132. The maximum Gasteiger partial charge on any atom is 0.338 e. The van der Waals surface area contributed by atoms with Crippen LogP contribution in [0.5, 0.6) is 11.5 Å². The molecule has 1 N–H and O–H groups in total. The van der Waals surface area contributed by atoms with Gasteiger partial charge in [-0.1, -0.05) is 39.4 Å². The SMILES string of the molecule is CCOC(=O)C1=C(C)N=c2s/c(=C/c3ccc(-c4cccc(C(=O)O)c4)o3)c(=O)n2C1c1cc(OC)c(OC)cc1Br. The molecule has 1 atom stereocenters. The van der Waals surface area contributed by atoms with Crippen LogP contribution >= 0.6 is 27.3 Å². The molecule has 0 bridgehead atoms. The Balaban J connectivity index is 1.67. The summed E-state index contributed by atoms with van der Waals surface area (Å²) in [6.07, 6.45) is 1.60. The molecule has 1 aliphatic rings. The van der Waals surface area contributed by atoms with E-state index in [1.165, 1.54) is 30.9 Å². The van der Waals surface area contributed by atoms with Gasteiger partial charge in [0.15, 0.2) is 16.3 Å². The number of furan rings is 1. The molecule has 0 spiro atoms. The van der Waals surface area contributed by atoms with Crippen molar-refractivity contribution >= 4 is 45.3 Å². The van der Waals surface area contributed by atoms with E-state index < -0.39 is 18.0 Å². The summed E-state index contributed by atoms with van der Waals surface area (Å²) in [5, 5.41) is 9.31. The van der Waals surface area contributed by atoms with Crippen molar-refractivity contribution in [3.8, 4) is 22.8 Å². The molecule has 0 radical (unpaired) electrons. The van der Waals surface area contributed by atoms with E-state index in [-0.39, 0.29) is 23.3 Å². The van der Waals surface area contributed by atoms with Crippen molar-refractivity contribution in [2.75, 3.05) is 20.8 Å². The molecule has 5 rings (SSSR count). The van der Waals surface area contributed by atoms with Gasteiger partial charge in [0, 0.05) is 16.1 Å². The summed E-state index contributed by atoms with van der Waals surface area (Å²) < 4.78 is 24.6. The predicted octanol–water partition coefficient (Wildman–Crippen LogP) is 4.54. The first-order chi connectivity index (χ1) is 20.2. The van der Waals surface area contributed by atoms with Gasteiger partial charge in [-0.3, -0.25) is 9.36 Å². The van der Waals surface area contributed by atoms with Crippen LogP contribution in [-0.4, -0.2) is 42.4 Å². The highest BCUT2D eigenvalue weighted by atomic mass is 79.9. The summed E-state index contributed by atoms with van der Waals surface area (Å²) in [7, 11) is 3.02. The predicted molar refractivity (Wildman–Crippen MR) is 159 cm³/mol. The Bertz CT molecular complexity index is 1930. The zero-order chi connectivity index (χ0) is 30.1. The van der Waals surface area contributed by atoms with Crippen LogP contribution < -0.4 is 24.4 Å². The minimum Gasteiger partial charge on any atom is -0.493 e. The number of hydrogen-bond donors (Lipinski definition) is 1. The highest BCUT2D eigenvalue weighted by molar-refractivity contribution is 9.10. The molecule has 2 aromatic heterocycles. The first-order valence-electron chi connectivity index (χ1n) is 12.7. The van der Waals surface area contributed by atoms with Gasteiger partial charge in [-0.2, -0.15) is 0 Å². The third-order valence-corrected chi connectivity index (χ3v) is 8.28. The molecule has 1 unspecified atom stereocenters. The Morgan fingerprint density at radius 3 is 2.57 bits per heavy atom. The Labute approximate surface area is 251 Å². The number of allylic oxidation sites excluding steroid dienone is 1. The van der Waals surface area contributed by atoms with Crippen molar-refractivity contribution in [3.05, 3.63) is 101 Å². The Hall–Kier alpha value is -4.42. The Morgan fingerprint density at radius 1 is 1.14 bits per heavy atom. The van der Waals surface area contributed by atoms with E-state index in [4.69, 9.17) is 18.6 Å². The maximum absolute atomic E-state index is 13.9. The molecule has 42 heavy (non-hydrogen) atoms. The lowest BCUT2D eigenvalue weighted by molar-refractivity contribution is -0.139. The molecule has 2 aromatic carbocycles. The Morgan fingerprint density at radius 2 is 1.88 bits per heavy atom. The number of hydrogen-bond acceptors (Lipinski definition) is 9. The van der Waals surface area contributed by atoms with E-state index in [0.717, 1.165) is 11.3 Å². The molecular formula is C30H25BrN2O8S. The summed E-state index contributed by atoms with van der Waals surface area (Å²) in [4.78, 5) is 43.5. The normalized spacial score (nSPS) is 14.8. The number of nitrogens with zero attached hydrogens (tertiary/aromatic N) is 2. The number of ether oxygens (including phenoxy) is 3. The van der Waals surface area contributed by atoms with Crippen LogP contribution in [0.25, 0.3) is 17.4 Å². The van der Waals surface area contributed by atoms with E-state index in [1.807, 2.05) is 0 Å². The lowest BCUT2D eigenvalue weighted by Crippen LogP contribution is -2.40. The van der Waals surface area contributed by atoms with Gasteiger partial charge in [-0.15, -0.1) is 0 Å². The topological polar surface area (TPSA) is 130 Å². The van der Waals surface area contributed by atoms with E-state index in [9.17, 15) is 19.5 Å². The molecule has 4 aromatic rings. The lowest BCUT2D eigenvalue weighted by Gasteiger charge is -2.26. The first-order valence-corrected chi connectivity index (χ1v) is 14.3. The van der Waals surface area contributed by atoms with E-state index in [0.29, 0.717) is 53.6 Å². The number of benzene rings is 2. The third kappa shape index (κ3) is 5.30. The van der Waals surface area contributed by atoms with E-state index in [2.05, 4.69) is 20.9 Å². The standard InChI is InChI=1S/C30H25BrN2O8S/c1-5-40-29(37)25-15(2)32-30-33(26(25)19-13-22(38-3)23(39-4)14-20(19)31)27(34)24(42-30)12-18-9-10-21(41-18)16-7-6-8-17(11-16)28(35)36/h6-14,26H,5H2,1-4H3,(H,35,36)/b24-12+. The lowest BCUT2D eigenvalue weighted by atomic mass is 9.95. The van der Waals surface area contributed by atoms with E-state index >= 15 is 0 Å². The molecular weight excluding hydrogens is 628 g/mol. The van der Waals surface area contributed by atoms with Crippen LogP contribution in [0.3, 0.4) is 0 Å². The number of esters is 1. The molecule has 0 saturated heterocycles. The zero-order valence-electron chi connectivity index (χ0n) is 23.0. The monoisotopic (exact) mass is 652 g/mol. The van der Waals surface area contributed by atoms with Gasteiger partial charge in [0.1, 0.15) is 11.5 Å². The highest BCUT2D eigenvalue weighted by Gasteiger charge is 2.35. The fourth-order valence-corrected chi connectivity index (χ4v) is 6.25. The molecule has 0 fully saturated rings. The third-order valence-electron chi connectivity index (χ3n) is 6.61. The van der Waals surface area contributed by atoms with Crippen LogP contribution in [0.2, 0.25) is 0 Å². The molecule has 3 heterocycles. The van der Waals surface area contributed by atoms with Gasteiger partial charge in [0.25, 0.3) is 5.56 Å². The Kier molecular flexibility index (Phi) is 8.19. The molecule has 0 aliphatic carbocycles. The second-order valence-corrected chi connectivity index (χ2v) is 11.0. The average molecular weight is 654 g/mol. The molecule has 216 valence electrons. The number of halogens is 1.